The summed E-state index contributed by atoms with van der Waals surface area (Å²) in [6, 6.07) is 10.9. The Morgan fingerprint density at radius 1 is 1.24 bits per heavy atom. The van der Waals surface area contributed by atoms with E-state index in [-0.39, 0.29) is 5.65 Å². The molecule has 0 aliphatic carbocycles. The van der Waals surface area contributed by atoms with Crippen molar-refractivity contribution in [1.82, 2.24) is 14.7 Å². The van der Waals surface area contributed by atoms with Gasteiger partial charge in [0, 0.05) is 18.4 Å². The smallest absolute Gasteiger partial charge is 0.384 e. The zero-order chi connectivity index (χ0) is 14.8. The van der Waals surface area contributed by atoms with Gasteiger partial charge in [-0.25, -0.2) is 9.78 Å². The van der Waals surface area contributed by atoms with Gasteiger partial charge < -0.3 is 16.3 Å². The van der Waals surface area contributed by atoms with Gasteiger partial charge in [-0.2, -0.15) is 4.98 Å². The van der Waals surface area contributed by atoms with Crippen LogP contribution in [-0.2, 0) is 6.54 Å². The maximum atomic E-state index is 11.7. The Balaban J connectivity index is 2.17. The summed E-state index contributed by atoms with van der Waals surface area (Å²) in [5.41, 5.74) is 6.69. The molecule has 0 spiro atoms. The molecule has 0 fully saturated rings. The van der Waals surface area contributed by atoms with Gasteiger partial charge in [0.2, 0.25) is 0 Å². The molecule has 21 heavy (non-hydrogen) atoms. The molecular weight excluding hydrogens is 270 g/mol. The number of pyridine rings is 1. The number of hydrogen-bond donors (Lipinski definition) is 3. The fraction of sp³-hybridized carbons (Fsp3) is 0.0714. The Morgan fingerprint density at radius 2 is 2.05 bits per heavy atom. The fourth-order valence-corrected chi connectivity index (χ4v) is 2.09. The lowest BCUT2D eigenvalue weighted by Crippen LogP contribution is -2.23. The monoisotopic (exact) mass is 283 g/mol. The molecule has 106 valence electrons. The van der Waals surface area contributed by atoms with Crippen LogP contribution in [-0.4, -0.2) is 19.9 Å². The summed E-state index contributed by atoms with van der Waals surface area (Å²) in [6.07, 6.45) is 1.49. The minimum absolute atomic E-state index is 0.144. The molecule has 7 nitrogen and oxygen atoms in total. The highest BCUT2D eigenvalue weighted by atomic mass is 16.5. The first-order valence-corrected chi connectivity index (χ1v) is 6.32. The van der Waals surface area contributed by atoms with Gasteiger partial charge in [0.1, 0.15) is 5.82 Å². The van der Waals surface area contributed by atoms with Crippen LogP contribution in [0.2, 0.25) is 0 Å². The van der Waals surface area contributed by atoms with E-state index in [9.17, 15) is 10.0 Å². The maximum absolute atomic E-state index is 11.7. The SMILES string of the molecule is NCc1ccccc1Nc1nc(=O)n(O)c2ncccc12. The van der Waals surface area contributed by atoms with Crippen LogP contribution >= 0.6 is 0 Å². The van der Waals surface area contributed by atoms with E-state index < -0.39 is 5.69 Å². The molecule has 3 rings (SSSR count). The van der Waals surface area contributed by atoms with Crippen LogP contribution in [0.1, 0.15) is 5.56 Å². The Labute approximate surface area is 119 Å². The molecule has 3 aromatic rings. The van der Waals surface area contributed by atoms with Crippen molar-refractivity contribution in [2.45, 2.75) is 6.54 Å². The van der Waals surface area contributed by atoms with Gasteiger partial charge in [0.25, 0.3) is 0 Å². The summed E-state index contributed by atoms with van der Waals surface area (Å²) < 4.78 is 0.426. The average Bonchev–Trinajstić information content (AvgIpc) is 2.53. The Bertz CT molecular complexity index is 859. The van der Waals surface area contributed by atoms with Gasteiger partial charge in [-0.1, -0.05) is 18.2 Å². The lowest BCUT2D eigenvalue weighted by atomic mass is 10.1. The highest BCUT2D eigenvalue weighted by Crippen LogP contribution is 2.23. The number of benzene rings is 1. The predicted octanol–water partition coefficient (Wildman–Crippen LogP) is 1.23. The van der Waals surface area contributed by atoms with E-state index in [1.165, 1.54) is 6.20 Å². The zero-order valence-electron chi connectivity index (χ0n) is 11.0. The largest absolute Gasteiger partial charge is 0.422 e. The highest BCUT2D eigenvalue weighted by Gasteiger charge is 2.11. The summed E-state index contributed by atoms with van der Waals surface area (Å²) in [5, 5.41) is 13.3. The molecular formula is C14H13N5O2. The van der Waals surface area contributed by atoms with E-state index >= 15 is 0 Å². The molecule has 4 N–H and O–H groups in total. The van der Waals surface area contributed by atoms with Crippen LogP contribution in [0.15, 0.2) is 47.4 Å². The number of anilines is 2. The van der Waals surface area contributed by atoms with Gasteiger partial charge in [-0.3, -0.25) is 0 Å². The third-order valence-electron chi connectivity index (χ3n) is 3.12. The standard InChI is InChI=1S/C14H13N5O2/c15-8-9-4-1-2-6-11(9)17-12-10-5-3-7-16-13(10)19(21)14(20)18-12/h1-7,21H,8,15H2,(H,17,18,20). The Morgan fingerprint density at radius 3 is 2.86 bits per heavy atom. The van der Waals surface area contributed by atoms with E-state index in [2.05, 4.69) is 15.3 Å². The normalized spacial score (nSPS) is 10.7. The number of nitrogens with one attached hydrogen (secondary N) is 1. The second kappa shape index (κ2) is 5.22. The van der Waals surface area contributed by atoms with Crippen molar-refractivity contribution in [2.24, 2.45) is 5.73 Å². The molecule has 0 aliphatic heterocycles. The summed E-state index contributed by atoms with van der Waals surface area (Å²) in [7, 11) is 0. The highest BCUT2D eigenvalue weighted by molar-refractivity contribution is 5.88. The number of rotatable bonds is 3. The van der Waals surface area contributed by atoms with Crippen LogP contribution in [0.5, 0.6) is 0 Å². The van der Waals surface area contributed by atoms with Gasteiger partial charge in [-0.15, -0.1) is 4.73 Å². The molecule has 0 aliphatic rings. The molecule has 0 atom stereocenters. The van der Waals surface area contributed by atoms with E-state index in [1.54, 1.807) is 12.1 Å². The number of nitrogens with zero attached hydrogens (tertiary/aromatic N) is 3. The summed E-state index contributed by atoms with van der Waals surface area (Å²) >= 11 is 0. The molecule has 0 amide bonds. The van der Waals surface area contributed by atoms with Gasteiger partial charge >= 0.3 is 5.69 Å². The second-order valence-corrected chi connectivity index (χ2v) is 4.42. The van der Waals surface area contributed by atoms with Gasteiger partial charge in [-0.05, 0) is 23.8 Å². The molecule has 0 unspecified atom stereocenters. The predicted molar refractivity (Wildman–Crippen MR) is 78.6 cm³/mol. The third kappa shape index (κ3) is 2.30. The number of aromatic nitrogens is 3. The van der Waals surface area contributed by atoms with Crippen LogP contribution < -0.4 is 16.7 Å². The molecule has 1 aromatic carbocycles. The third-order valence-corrected chi connectivity index (χ3v) is 3.12. The number of para-hydroxylation sites is 1. The quantitative estimate of drug-likeness (QED) is 0.624. The van der Waals surface area contributed by atoms with Crippen LogP contribution in [0.4, 0.5) is 11.5 Å². The molecule has 7 heteroatoms. The van der Waals surface area contributed by atoms with Crippen molar-refractivity contribution >= 4 is 22.5 Å². The fourth-order valence-electron chi connectivity index (χ4n) is 2.09. The van der Waals surface area contributed by atoms with Gasteiger partial charge in [0.05, 0.1) is 5.39 Å². The first kappa shape index (κ1) is 13.1. The van der Waals surface area contributed by atoms with Crippen LogP contribution in [0.3, 0.4) is 0 Å². The molecule has 0 saturated carbocycles. The minimum Gasteiger partial charge on any atom is -0.422 e. The van der Waals surface area contributed by atoms with Crippen molar-refractivity contribution < 1.29 is 5.21 Å². The summed E-state index contributed by atoms with van der Waals surface area (Å²) in [5.74, 6) is 0.328. The maximum Gasteiger partial charge on any atom is 0.384 e. The number of hydrogen-bond acceptors (Lipinski definition) is 6. The van der Waals surface area contributed by atoms with E-state index in [0.717, 1.165) is 11.3 Å². The first-order chi connectivity index (χ1) is 10.2. The average molecular weight is 283 g/mol. The van der Waals surface area contributed by atoms with Crippen LogP contribution in [0, 0.1) is 0 Å². The number of nitrogens with two attached hydrogens (primary N) is 1. The van der Waals surface area contributed by atoms with E-state index in [4.69, 9.17) is 5.73 Å². The van der Waals surface area contributed by atoms with Crippen molar-refractivity contribution in [3.8, 4) is 0 Å². The molecule has 0 radical (unpaired) electrons. The topological polar surface area (TPSA) is 106 Å². The molecule has 2 heterocycles. The lowest BCUT2D eigenvalue weighted by Gasteiger charge is -2.12. The zero-order valence-corrected chi connectivity index (χ0v) is 11.0. The Hall–Kier alpha value is -2.93. The van der Waals surface area contributed by atoms with E-state index in [1.807, 2.05) is 24.3 Å². The van der Waals surface area contributed by atoms with Crippen LogP contribution in [0.25, 0.3) is 11.0 Å². The summed E-state index contributed by atoms with van der Waals surface area (Å²) in [6.45, 7) is 0.358. The van der Waals surface area contributed by atoms with Crippen molar-refractivity contribution in [3.63, 3.8) is 0 Å². The lowest BCUT2D eigenvalue weighted by molar-refractivity contribution is 0.182. The summed E-state index contributed by atoms with van der Waals surface area (Å²) in [4.78, 5) is 19.5. The van der Waals surface area contributed by atoms with Crippen molar-refractivity contribution in [1.29, 1.82) is 0 Å². The molecule has 0 bridgehead atoms. The van der Waals surface area contributed by atoms with Crippen molar-refractivity contribution in [3.05, 3.63) is 58.6 Å². The first-order valence-electron chi connectivity index (χ1n) is 6.32. The van der Waals surface area contributed by atoms with E-state index in [0.29, 0.717) is 22.5 Å². The minimum atomic E-state index is -0.797. The number of fused-ring (bicyclic) bond motifs is 1. The Kier molecular flexibility index (Phi) is 3.25. The van der Waals surface area contributed by atoms with Crippen molar-refractivity contribution in [2.75, 3.05) is 5.32 Å². The van der Waals surface area contributed by atoms with Gasteiger partial charge in [0.15, 0.2) is 5.65 Å². The second-order valence-electron chi connectivity index (χ2n) is 4.42. The molecule has 0 saturated heterocycles. The molecule has 2 aromatic heterocycles.